The summed E-state index contributed by atoms with van der Waals surface area (Å²) in [6.45, 7) is 4.40. The molecule has 2 aromatic rings. The van der Waals surface area contributed by atoms with Gasteiger partial charge in [0.15, 0.2) is 0 Å². The molecule has 0 saturated carbocycles. The second-order valence-electron chi connectivity index (χ2n) is 6.48. The number of likely N-dealkylation sites (tertiary alicyclic amines) is 1. The first kappa shape index (κ1) is 18.5. The smallest absolute Gasteiger partial charge is 0.305 e. The zero-order chi connectivity index (χ0) is 18.7. The van der Waals surface area contributed by atoms with Gasteiger partial charge in [-0.05, 0) is 38.8 Å². The molecule has 3 rings (SSSR count). The Morgan fingerprint density at radius 1 is 1.35 bits per heavy atom. The van der Waals surface area contributed by atoms with Crippen molar-refractivity contribution >= 4 is 23.6 Å². The molecule has 0 spiro atoms. The van der Waals surface area contributed by atoms with E-state index in [0.29, 0.717) is 17.9 Å². The second-order valence-corrected chi connectivity index (χ2v) is 7.50. The van der Waals surface area contributed by atoms with E-state index in [2.05, 4.69) is 5.16 Å². The Morgan fingerprint density at radius 3 is 2.81 bits per heavy atom. The maximum atomic E-state index is 13.0. The van der Waals surface area contributed by atoms with Crippen LogP contribution in [0.4, 0.5) is 0 Å². The highest BCUT2D eigenvalue weighted by Gasteiger charge is 2.31. The average Bonchev–Trinajstić information content (AvgIpc) is 3.19. The van der Waals surface area contributed by atoms with Crippen LogP contribution in [0.3, 0.4) is 0 Å². The lowest BCUT2D eigenvalue weighted by Gasteiger charge is -2.24. The normalized spacial score (nSPS) is 16.8. The minimum atomic E-state index is -0.865. The molecule has 0 aliphatic carbocycles. The van der Waals surface area contributed by atoms with Crippen molar-refractivity contribution in [3.8, 4) is 0 Å². The van der Waals surface area contributed by atoms with Gasteiger partial charge in [-0.2, -0.15) is 0 Å². The quantitative estimate of drug-likeness (QED) is 0.777. The molecular weight excluding hydrogens is 352 g/mol. The predicted molar refractivity (Wildman–Crippen MR) is 98.3 cm³/mol. The lowest BCUT2D eigenvalue weighted by Crippen LogP contribution is -2.37. The molecule has 6 nitrogen and oxygen atoms in total. The number of hydrogen-bond donors (Lipinski definition) is 1. The van der Waals surface area contributed by atoms with Crippen LogP contribution < -0.4 is 0 Å². The molecule has 1 aliphatic heterocycles. The van der Waals surface area contributed by atoms with Crippen LogP contribution in [0.25, 0.3) is 0 Å². The van der Waals surface area contributed by atoms with Crippen LogP contribution in [0.5, 0.6) is 0 Å². The molecule has 1 amide bonds. The van der Waals surface area contributed by atoms with Crippen LogP contribution >= 0.6 is 11.8 Å². The standard InChI is InChI=1S/C19H22N2O4S/c1-12-16(13(2)25-20-12)11-26-17-8-4-3-7-15(17)19(24)21-9-5-6-14(21)10-18(22)23/h3-4,7-8,14H,5-6,9-11H2,1-2H3,(H,22,23). The number of benzene rings is 1. The van der Waals surface area contributed by atoms with E-state index in [4.69, 9.17) is 9.63 Å². The van der Waals surface area contributed by atoms with Crippen molar-refractivity contribution in [3.05, 3.63) is 46.8 Å². The number of aliphatic carboxylic acids is 1. The van der Waals surface area contributed by atoms with Crippen LogP contribution in [0, 0.1) is 13.8 Å². The van der Waals surface area contributed by atoms with Crippen molar-refractivity contribution in [2.24, 2.45) is 0 Å². The highest BCUT2D eigenvalue weighted by molar-refractivity contribution is 7.98. The SMILES string of the molecule is Cc1noc(C)c1CSc1ccccc1C(=O)N1CCCC1CC(=O)O. The van der Waals surface area contributed by atoms with Crippen molar-refractivity contribution in [1.82, 2.24) is 10.1 Å². The number of amides is 1. The van der Waals surface area contributed by atoms with Crippen LogP contribution in [0.1, 0.15) is 46.6 Å². The summed E-state index contributed by atoms with van der Waals surface area (Å²) >= 11 is 1.57. The summed E-state index contributed by atoms with van der Waals surface area (Å²) in [5.74, 6) is 0.510. The number of carbonyl (C=O) groups is 2. The molecule has 1 saturated heterocycles. The molecule has 26 heavy (non-hydrogen) atoms. The van der Waals surface area contributed by atoms with Gasteiger partial charge in [-0.1, -0.05) is 17.3 Å². The maximum absolute atomic E-state index is 13.0. The second kappa shape index (κ2) is 7.95. The minimum absolute atomic E-state index is 0.000127. The number of rotatable bonds is 6. The van der Waals surface area contributed by atoms with Gasteiger partial charge in [0.1, 0.15) is 5.76 Å². The van der Waals surface area contributed by atoms with Gasteiger partial charge in [0.25, 0.3) is 5.91 Å². The molecular formula is C19H22N2O4S. The number of carboxylic acids is 1. The monoisotopic (exact) mass is 374 g/mol. The van der Waals surface area contributed by atoms with Crippen molar-refractivity contribution in [2.75, 3.05) is 6.54 Å². The van der Waals surface area contributed by atoms with Gasteiger partial charge < -0.3 is 14.5 Å². The summed E-state index contributed by atoms with van der Waals surface area (Å²) in [5, 5.41) is 13.1. The largest absolute Gasteiger partial charge is 0.481 e. The van der Waals surface area contributed by atoms with Crippen LogP contribution in [0.15, 0.2) is 33.7 Å². The van der Waals surface area contributed by atoms with Crippen molar-refractivity contribution in [1.29, 1.82) is 0 Å². The van der Waals surface area contributed by atoms with E-state index in [9.17, 15) is 9.59 Å². The number of hydrogen-bond acceptors (Lipinski definition) is 5. The van der Waals surface area contributed by atoms with Crippen LogP contribution in [-0.4, -0.2) is 39.6 Å². The molecule has 1 aromatic heterocycles. The van der Waals surface area contributed by atoms with E-state index < -0.39 is 5.97 Å². The Labute approximate surface area is 156 Å². The molecule has 138 valence electrons. The van der Waals surface area contributed by atoms with E-state index in [-0.39, 0.29) is 18.4 Å². The molecule has 7 heteroatoms. The fourth-order valence-electron chi connectivity index (χ4n) is 3.30. The van der Waals surface area contributed by atoms with E-state index in [1.165, 1.54) is 0 Å². The summed E-state index contributed by atoms with van der Waals surface area (Å²) in [4.78, 5) is 26.7. The van der Waals surface area contributed by atoms with Gasteiger partial charge in [-0.15, -0.1) is 11.8 Å². The van der Waals surface area contributed by atoms with Gasteiger partial charge in [-0.3, -0.25) is 9.59 Å². The number of nitrogens with zero attached hydrogens (tertiary/aromatic N) is 2. The first-order valence-corrected chi connectivity index (χ1v) is 9.62. The predicted octanol–water partition coefficient (Wildman–Crippen LogP) is 3.66. The Bertz CT molecular complexity index is 798. The Balaban J connectivity index is 1.78. The molecule has 1 aliphatic rings. The zero-order valence-corrected chi connectivity index (χ0v) is 15.7. The maximum Gasteiger partial charge on any atom is 0.305 e. The summed E-state index contributed by atoms with van der Waals surface area (Å²) < 4.78 is 5.20. The van der Waals surface area contributed by atoms with Gasteiger partial charge in [0.2, 0.25) is 0 Å². The van der Waals surface area contributed by atoms with Crippen molar-refractivity contribution in [2.45, 2.75) is 49.8 Å². The first-order valence-electron chi connectivity index (χ1n) is 8.63. The van der Waals surface area contributed by atoms with E-state index in [0.717, 1.165) is 34.8 Å². The Morgan fingerprint density at radius 2 is 2.12 bits per heavy atom. The third-order valence-corrected chi connectivity index (χ3v) is 5.82. The molecule has 0 bridgehead atoms. The summed E-state index contributed by atoms with van der Waals surface area (Å²) in [7, 11) is 0. The van der Waals surface area contributed by atoms with Gasteiger partial charge >= 0.3 is 5.97 Å². The zero-order valence-electron chi connectivity index (χ0n) is 14.9. The number of aromatic nitrogens is 1. The molecule has 1 N–H and O–H groups in total. The highest BCUT2D eigenvalue weighted by atomic mass is 32.2. The number of thioether (sulfide) groups is 1. The summed E-state index contributed by atoms with van der Waals surface area (Å²) in [6.07, 6.45) is 1.59. The van der Waals surface area contributed by atoms with Crippen molar-refractivity contribution < 1.29 is 19.2 Å². The number of aryl methyl sites for hydroxylation is 2. The van der Waals surface area contributed by atoms with E-state index >= 15 is 0 Å². The van der Waals surface area contributed by atoms with Crippen molar-refractivity contribution in [3.63, 3.8) is 0 Å². The minimum Gasteiger partial charge on any atom is -0.481 e. The summed E-state index contributed by atoms with van der Waals surface area (Å²) in [5.41, 5.74) is 2.53. The average molecular weight is 374 g/mol. The molecule has 1 atom stereocenters. The highest BCUT2D eigenvalue weighted by Crippen LogP contribution is 2.31. The topological polar surface area (TPSA) is 83.6 Å². The fraction of sp³-hybridized carbons (Fsp3) is 0.421. The molecule has 1 unspecified atom stereocenters. The third-order valence-electron chi connectivity index (χ3n) is 4.72. The van der Waals surface area contributed by atoms with E-state index in [1.807, 2.05) is 38.1 Å². The third kappa shape index (κ3) is 3.93. The summed E-state index contributed by atoms with van der Waals surface area (Å²) in [6, 6.07) is 7.27. The fourth-order valence-corrected chi connectivity index (χ4v) is 4.50. The van der Waals surface area contributed by atoms with Gasteiger partial charge in [-0.25, -0.2) is 0 Å². The van der Waals surface area contributed by atoms with Gasteiger partial charge in [0.05, 0.1) is 17.7 Å². The molecule has 1 fully saturated rings. The Kier molecular flexibility index (Phi) is 5.66. The van der Waals surface area contributed by atoms with Gasteiger partial charge in [0, 0.05) is 28.8 Å². The lowest BCUT2D eigenvalue weighted by atomic mass is 10.1. The number of carboxylic acid groups (broad SMARTS) is 1. The molecule has 1 aromatic carbocycles. The van der Waals surface area contributed by atoms with Crippen LogP contribution in [0.2, 0.25) is 0 Å². The lowest BCUT2D eigenvalue weighted by molar-refractivity contribution is -0.137. The Hall–Kier alpha value is -2.28. The first-order chi connectivity index (χ1) is 12.5. The molecule has 2 heterocycles. The van der Waals surface area contributed by atoms with Crippen LogP contribution in [-0.2, 0) is 10.5 Å². The number of carbonyl (C=O) groups excluding carboxylic acids is 1. The van der Waals surface area contributed by atoms with E-state index in [1.54, 1.807) is 16.7 Å². The molecule has 0 radical (unpaired) electrons.